The number of nitrogens with zero attached hydrogens (tertiary/aromatic N) is 2. The van der Waals surface area contributed by atoms with Crippen molar-refractivity contribution in [3.8, 4) is 0 Å². The zero-order valence-electron chi connectivity index (χ0n) is 11.5. The minimum absolute atomic E-state index is 0.0664. The highest BCUT2D eigenvalue weighted by Crippen LogP contribution is 2.20. The first-order valence-corrected chi connectivity index (χ1v) is 8.13. The molecule has 1 heterocycles. The Bertz CT molecular complexity index is 399. The predicted octanol–water partition coefficient (Wildman–Crippen LogP) is 0.405. The average Bonchev–Trinajstić information content (AvgIpc) is 2.25. The van der Waals surface area contributed by atoms with Crippen LogP contribution >= 0.6 is 12.2 Å². The molecule has 0 saturated carbocycles. The van der Waals surface area contributed by atoms with E-state index in [9.17, 15) is 8.42 Å². The van der Waals surface area contributed by atoms with Crippen molar-refractivity contribution in [3.05, 3.63) is 0 Å². The maximum absolute atomic E-state index is 12.5. The smallest absolute Gasteiger partial charge is 0.223 e. The molecular formula is C11H23N3O2S2. The first-order chi connectivity index (χ1) is 8.21. The van der Waals surface area contributed by atoms with Crippen LogP contribution in [0.4, 0.5) is 0 Å². The Kier molecular flexibility index (Phi) is 5.11. The van der Waals surface area contributed by atoms with Gasteiger partial charge in [-0.25, -0.2) is 8.42 Å². The Hall–Kier alpha value is -0.240. The van der Waals surface area contributed by atoms with Gasteiger partial charge in [-0.2, -0.15) is 4.31 Å². The van der Waals surface area contributed by atoms with Crippen molar-refractivity contribution in [2.75, 3.05) is 20.1 Å². The Morgan fingerprint density at radius 2 is 1.83 bits per heavy atom. The molecule has 3 atom stereocenters. The molecule has 1 rings (SSSR count). The largest absolute Gasteiger partial charge is 0.392 e. The predicted molar refractivity (Wildman–Crippen MR) is 78.0 cm³/mol. The first kappa shape index (κ1) is 15.8. The topological polar surface area (TPSA) is 66.6 Å². The van der Waals surface area contributed by atoms with Crippen molar-refractivity contribution >= 4 is 27.2 Å². The summed E-state index contributed by atoms with van der Waals surface area (Å²) in [5.74, 6) is 0. The molecule has 0 spiro atoms. The quantitative estimate of drug-likeness (QED) is 0.760. The molecule has 1 aliphatic heterocycles. The molecule has 3 unspecified atom stereocenters. The van der Waals surface area contributed by atoms with Crippen LogP contribution in [0.2, 0.25) is 0 Å². The number of piperazine rings is 1. The van der Waals surface area contributed by atoms with E-state index in [0.717, 1.165) is 0 Å². The molecule has 106 valence electrons. The molecule has 0 aromatic rings. The van der Waals surface area contributed by atoms with Gasteiger partial charge in [0.05, 0.1) is 4.99 Å². The van der Waals surface area contributed by atoms with Gasteiger partial charge in [0.2, 0.25) is 10.0 Å². The van der Waals surface area contributed by atoms with Crippen LogP contribution in [0, 0.1) is 0 Å². The molecule has 0 aromatic carbocycles. The standard InChI is InChI=1S/C11H23N3O2S2/c1-5-10(11(12)17)18(15,16)14-6-8(2)13(4)9(3)7-14/h8-10H,5-7H2,1-4H3,(H2,12,17). The third-order valence-corrected chi connectivity index (χ3v) is 6.49. The Morgan fingerprint density at radius 1 is 1.39 bits per heavy atom. The Labute approximate surface area is 115 Å². The van der Waals surface area contributed by atoms with Crippen molar-refractivity contribution in [3.63, 3.8) is 0 Å². The number of sulfonamides is 1. The van der Waals surface area contributed by atoms with Crippen molar-refractivity contribution in [1.29, 1.82) is 0 Å². The molecule has 1 aliphatic rings. The van der Waals surface area contributed by atoms with Crippen LogP contribution in [0.3, 0.4) is 0 Å². The molecule has 0 bridgehead atoms. The first-order valence-electron chi connectivity index (χ1n) is 6.22. The third-order valence-electron chi connectivity index (χ3n) is 3.73. The van der Waals surface area contributed by atoms with Crippen LogP contribution in [-0.4, -0.2) is 60.1 Å². The summed E-state index contributed by atoms with van der Waals surface area (Å²) in [6.07, 6.45) is 0.423. The summed E-state index contributed by atoms with van der Waals surface area (Å²) in [4.78, 5) is 2.25. The third kappa shape index (κ3) is 3.01. The Balaban J connectivity index is 2.96. The molecular weight excluding hydrogens is 270 g/mol. The summed E-state index contributed by atoms with van der Waals surface area (Å²) in [5, 5.41) is -0.740. The number of thiocarbonyl (C=S) groups is 1. The minimum atomic E-state index is -3.42. The van der Waals surface area contributed by atoms with E-state index < -0.39 is 15.3 Å². The summed E-state index contributed by atoms with van der Waals surface area (Å²) in [6, 6.07) is 0.403. The molecule has 18 heavy (non-hydrogen) atoms. The van der Waals surface area contributed by atoms with Gasteiger partial charge < -0.3 is 5.73 Å². The van der Waals surface area contributed by atoms with E-state index in [-0.39, 0.29) is 17.1 Å². The van der Waals surface area contributed by atoms with E-state index in [1.165, 1.54) is 4.31 Å². The molecule has 0 aliphatic carbocycles. The zero-order chi connectivity index (χ0) is 14.1. The highest BCUT2D eigenvalue weighted by Gasteiger charge is 2.38. The molecule has 2 N–H and O–H groups in total. The molecule has 0 radical (unpaired) electrons. The number of nitrogens with two attached hydrogens (primary N) is 1. The fraction of sp³-hybridized carbons (Fsp3) is 0.909. The molecule has 1 fully saturated rings. The summed E-state index contributed by atoms with van der Waals surface area (Å²) in [7, 11) is -1.40. The lowest BCUT2D eigenvalue weighted by molar-refractivity contribution is 0.105. The van der Waals surface area contributed by atoms with Gasteiger partial charge in [-0.3, -0.25) is 4.90 Å². The molecule has 5 nitrogen and oxygen atoms in total. The van der Waals surface area contributed by atoms with E-state index in [4.69, 9.17) is 18.0 Å². The number of likely N-dealkylation sites (N-methyl/N-ethyl adjacent to an activating group) is 1. The average molecular weight is 293 g/mol. The van der Waals surface area contributed by atoms with Crippen LogP contribution in [0.1, 0.15) is 27.2 Å². The van der Waals surface area contributed by atoms with Gasteiger partial charge in [0.25, 0.3) is 0 Å². The number of rotatable bonds is 4. The summed E-state index contributed by atoms with van der Waals surface area (Å²) in [6.45, 7) is 6.86. The normalized spacial score (nSPS) is 29.1. The maximum atomic E-state index is 12.5. The fourth-order valence-electron chi connectivity index (χ4n) is 2.30. The molecule has 0 aromatic heterocycles. The van der Waals surface area contributed by atoms with Crippen molar-refractivity contribution in [2.45, 2.75) is 44.5 Å². The van der Waals surface area contributed by atoms with Crippen LogP contribution in [0.5, 0.6) is 0 Å². The van der Waals surface area contributed by atoms with Crippen LogP contribution < -0.4 is 5.73 Å². The second-order valence-electron chi connectivity index (χ2n) is 5.02. The fourth-order valence-corrected chi connectivity index (χ4v) is 4.76. The second kappa shape index (κ2) is 5.81. The van der Waals surface area contributed by atoms with Gasteiger partial charge in [-0.1, -0.05) is 19.1 Å². The van der Waals surface area contributed by atoms with Crippen molar-refractivity contribution in [2.24, 2.45) is 5.73 Å². The number of hydrogen-bond donors (Lipinski definition) is 1. The SMILES string of the molecule is CCC(C(N)=S)S(=O)(=O)N1CC(C)N(C)C(C)C1. The lowest BCUT2D eigenvalue weighted by atomic mass is 10.1. The summed E-state index contributed by atoms with van der Waals surface area (Å²) >= 11 is 4.88. The lowest BCUT2D eigenvalue weighted by Gasteiger charge is -2.42. The van der Waals surface area contributed by atoms with E-state index >= 15 is 0 Å². The highest BCUT2D eigenvalue weighted by atomic mass is 32.2. The minimum Gasteiger partial charge on any atom is -0.392 e. The van der Waals surface area contributed by atoms with Gasteiger partial charge in [-0.15, -0.1) is 0 Å². The maximum Gasteiger partial charge on any atom is 0.223 e. The van der Waals surface area contributed by atoms with E-state index in [1.54, 1.807) is 6.92 Å². The molecule has 0 amide bonds. The van der Waals surface area contributed by atoms with Crippen LogP contribution in [-0.2, 0) is 10.0 Å². The molecule has 1 saturated heterocycles. The van der Waals surface area contributed by atoms with Gasteiger partial charge in [0.1, 0.15) is 5.25 Å². The monoisotopic (exact) mass is 293 g/mol. The van der Waals surface area contributed by atoms with Crippen LogP contribution in [0.15, 0.2) is 0 Å². The summed E-state index contributed by atoms with van der Waals surface area (Å²) in [5.41, 5.74) is 5.55. The van der Waals surface area contributed by atoms with E-state index in [1.807, 2.05) is 20.9 Å². The number of hydrogen-bond acceptors (Lipinski definition) is 4. The van der Waals surface area contributed by atoms with Gasteiger partial charge in [-0.05, 0) is 27.3 Å². The van der Waals surface area contributed by atoms with Crippen molar-refractivity contribution in [1.82, 2.24) is 9.21 Å². The Morgan fingerprint density at radius 3 is 2.17 bits per heavy atom. The lowest BCUT2D eigenvalue weighted by Crippen LogP contribution is -2.58. The zero-order valence-corrected chi connectivity index (χ0v) is 13.1. The van der Waals surface area contributed by atoms with E-state index in [0.29, 0.717) is 19.5 Å². The second-order valence-corrected chi connectivity index (χ2v) is 7.61. The van der Waals surface area contributed by atoms with Gasteiger partial charge in [0, 0.05) is 25.2 Å². The van der Waals surface area contributed by atoms with E-state index in [2.05, 4.69) is 4.90 Å². The summed E-state index contributed by atoms with van der Waals surface area (Å²) < 4.78 is 26.5. The van der Waals surface area contributed by atoms with Crippen LogP contribution in [0.25, 0.3) is 0 Å². The van der Waals surface area contributed by atoms with Crippen molar-refractivity contribution < 1.29 is 8.42 Å². The van der Waals surface area contributed by atoms with Gasteiger partial charge >= 0.3 is 0 Å². The molecule has 7 heteroatoms. The van der Waals surface area contributed by atoms with Gasteiger partial charge in [0.15, 0.2) is 0 Å². The highest BCUT2D eigenvalue weighted by molar-refractivity contribution is 7.92.